The Morgan fingerprint density at radius 2 is 1.81 bits per heavy atom. The lowest BCUT2D eigenvalue weighted by molar-refractivity contribution is -0.131. The van der Waals surface area contributed by atoms with Crippen molar-refractivity contribution in [1.82, 2.24) is 29.4 Å². The fourth-order valence-electron chi connectivity index (χ4n) is 4.48. The highest BCUT2D eigenvalue weighted by Crippen LogP contribution is 2.27. The molecular weight excluding hydrogens is 412 g/mol. The van der Waals surface area contributed by atoms with Crippen molar-refractivity contribution in [2.24, 2.45) is 11.8 Å². The van der Waals surface area contributed by atoms with Gasteiger partial charge in [-0.25, -0.2) is 0 Å². The Kier molecular flexibility index (Phi) is 6.22. The molecule has 4 rings (SSSR count). The summed E-state index contributed by atoms with van der Waals surface area (Å²) in [4.78, 5) is 27.2. The van der Waals surface area contributed by atoms with Gasteiger partial charge in [0.1, 0.15) is 6.54 Å². The Morgan fingerprint density at radius 1 is 1.13 bits per heavy atom. The van der Waals surface area contributed by atoms with Crippen LogP contribution in [0.1, 0.15) is 34.1 Å². The van der Waals surface area contributed by atoms with E-state index in [2.05, 4.69) is 29.4 Å². The summed E-state index contributed by atoms with van der Waals surface area (Å²) in [7, 11) is 0. The second kappa shape index (κ2) is 8.90. The molecule has 9 heteroatoms. The molecule has 0 saturated carbocycles. The minimum atomic E-state index is -0.0704. The summed E-state index contributed by atoms with van der Waals surface area (Å²) in [6.45, 7) is 10.1. The van der Waals surface area contributed by atoms with Crippen LogP contribution >= 0.6 is 11.8 Å². The molecule has 0 spiro atoms. The maximum absolute atomic E-state index is 12.8. The van der Waals surface area contributed by atoms with Gasteiger partial charge in [-0.1, -0.05) is 37.7 Å². The van der Waals surface area contributed by atoms with Crippen LogP contribution in [0.25, 0.3) is 16.8 Å². The molecule has 3 aromatic rings. The molecule has 1 aromatic carbocycles. The van der Waals surface area contributed by atoms with Gasteiger partial charge in [-0.15, -0.1) is 10.2 Å². The molecule has 1 fully saturated rings. The quantitative estimate of drug-likeness (QED) is 0.594. The molecule has 1 saturated heterocycles. The fourth-order valence-corrected chi connectivity index (χ4v) is 5.32. The van der Waals surface area contributed by atoms with Crippen molar-refractivity contribution in [1.29, 1.82) is 0 Å². The first kappa shape index (κ1) is 21.7. The number of imidazole rings is 1. The van der Waals surface area contributed by atoms with Crippen molar-refractivity contribution in [3.05, 3.63) is 24.3 Å². The number of hydrogen-bond acceptors (Lipinski definition) is 5. The van der Waals surface area contributed by atoms with E-state index in [0.29, 0.717) is 28.5 Å². The van der Waals surface area contributed by atoms with Crippen LogP contribution in [0.15, 0.2) is 29.4 Å². The van der Waals surface area contributed by atoms with Crippen LogP contribution in [0.2, 0.25) is 0 Å². The van der Waals surface area contributed by atoms with Crippen LogP contribution in [0, 0.1) is 11.8 Å². The maximum atomic E-state index is 12.8. The van der Waals surface area contributed by atoms with Gasteiger partial charge in [0.2, 0.25) is 17.6 Å². The van der Waals surface area contributed by atoms with E-state index < -0.39 is 0 Å². The second-order valence-corrected chi connectivity index (χ2v) is 9.89. The van der Waals surface area contributed by atoms with E-state index in [4.69, 9.17) is 0 Å². The molecule has 166 valence electrons. The van der Waals surface area contributed by atoms with Gasteiger partial charge in [0.15, 0.2) is 5.16 Å². The normalized spacial score (nSPS) is 19.5. The summed E-state index contributed by atoms with van der Waals surface area (Å²) in [6.07, 6.45) is 1.17. The Balaban J connectivity index is 1.58. The van der Waals surface area contributed by atoms with Gasteiger partial charge in [0.05, 0.1) is 16.8 Å². The topological polar surface area (TPSA) is 84.5 Å². The zero-order chi connectivity index (χ0) is 22.1. The number of hydrogen-bond donors (Lipinski definition) is 1. The maximum Gasteiger partial charge on any atom is 0.240 e. The van der Waals surface area contributed by atoms with Crippen LogP contribution in [0.3, 0.4) is 0 Å². The molecule has 2 amide bonds. The van der Waals surface area contributed by atoms with E-state index in [9.17, 15) is 9.59 Å². The number of likely N-dealkylation sites (tertiary alicyclic amines) is 1. The number of thioether (sulfide) groups is 1. The van der Waals surface area contributed by atoms with Crippen molar-refractivity contribution in [3.63, 3.8) is 0 Å². The van der Waals surface area contributed by atoms with Crippen LogP contribution in [-0.4, -0.2) is 60.8 Å². The Labute approximate surface area is 186 Å². The molecule has 1 N–H and O–H groups in total. The molecule has 31 heavy (non-hydrogen) atoms. The molecule has 0 bridgehead atoms. The van der Waals surface area contributed by atoms with E-state index in [1.54, 1.807) is 0 Å². The van der Waals surface area contributed by atoms with Gasteiger partial charge in [-0.2, -0.15) is 0 Å². The standard InChI is InChI=1S/C22H30N6O2S/c1-14(2)23-19(29)12-27-17-7-5-6-8-18(17)28-21(27)24-25-22(28)31-13-20(30)26-10-15(3)9-16(4)11-26/h5-8,14-16H,9-13H2,1-4H3,(H,23,29). The van der Waals surface area contributed by atoms with Crippen LogP contribution in [-0.2, 0) is 16.1 Å². The van der Waals surface area contributed by atoms with Crippen molar-refractivity contribution in [3.8, 4) is 0 Å². The van der Waals surface area contributed by atoms with Gasteiger partial charge in [0.25, 0.3) is 0 Å². The number of piperidine rings is 1. The van der Waals surface area contributed by atoms with Gasteiger partial charge in [-0.05, 0) is 44.2 Å². The fraction of sp³-hybridized carbons (Fsp3) is 0.545. The van der Waals surface area contributed by atoms with E-state index >= 15 is 0 Å². The zero-order valence-corrected chi connectivity index (χ0v) is 19.4. The first-order valence-electron chi connectivity index (χ1n) is 10.9. The van der Waals surface area contributed by atoms with Crippen molar-refractivity contribution < 1.29 is 9.59 Å². The van der Waals surface area contributed by atoms with Crippen LogP contribution < -0.4 is 5.32 Å². The van der Waals surface area contributed by atoms with Crippen LogP contribution in [0.5, 0.6) is 0 Å². The van der Waals surface area contributed by atoms with Gasteiger partial charge in [0, 0.05) is 19.1 Å². The molecule has 8 nitrogen and oxygen atoms in total. The molecule has 0 radical (unpaired) electrons. The molecule has 1 aliphatic heterocycles. The minimum Gasteiger partial charge on any atom is -0.352 e. The molecule has 2 unspecified atom stereocenters. The van der Waals surface area contributed by atoms with Gasteiger partial charge < -0.3 is 10.2 Å². The third-order valence-corrected chi connectivity index (χ3v) is 6.48. The summed E-state index contributed by atoms with van der Waals surface area (Å²) in [5, 5.41) is 12.3. The molecular formula is C22H30N6O2S. The number of aromatic nitrogens is 4. The molecule has 3 heterocycles. The highest BCUT2D eigenvalue weighted by molar-refractivity contribution is 7.99. The van der Waals surface area contributed by atoms with Crippen molar-refractivity contribution >= 4 is 40.4 Å². The molecule has 0 aliphatic carbocycles. The number of nitrogens with one attached hydrogen (secondary N) is 1. The molecule has 2 atom stereocenters. The number of carbonyl (C=O) groups is 2. The molecule has 1 aliphatic rings. The van der Waals surface area contributed by atoms with E-state index in [1.807, 2.05) is 52.0 Å². The average molecular weight is 443 g/mol. The highest BCUT2D eigenvalue weighted by Gasteiger charge is 2.26. The first-order valence-corrected chi connectivity index (χ1v) is 11.8. The average Bonchev–Trinajstić information content (AvgIpc) is 3.24. The number of para-hydroxylation sites is 2. The molecule has 2 aromatic heterocycles. The third kappa shape index (κ3) is 4.56. The van der Waals surface area contributed by atoms with Gasteiger partial charge >= 0.3 is 0 Å². The van der Waals surface area contributed by atoms with Crippen molar-refractivity contribution in [2.45, 2.75) is 51.9 Å². The Bertz CT molecular complexity index is 1090. The lowest BCUT2D eigenvalue weighted by Crippen LogP contribution is -2.43. The summed E-state index contributed by atoms with van der Waals surface area (Å²) in [5.74, 6) is 2.07. The zero-order valence-electron chi connectivity index (χ0n) is 18.5. The van der Waals surface area contributed by atoms with Gasteiger partial charge in [-0.3, -0.25) is 18.6 Å². The predicted molar refractivity (Wildman–Crippen MR) is 122 cm³/mol. The smallest absolute Gasteiger partial charge is 0.240 e. The van der Waals surface area contributed by atoms with E-state index in [-0.39, 0.29) is 24.4 Å². The summed E-state index contributed by atoms with van der Waals surface area (Å²) in [6, 6.07) is 7.93. The number of nitrogens with zero attached hydrogens (tertiary/aromatic N) is 5. The lowest BCUT2D eigenvalue weighted by atomic mass is 9.92. The Hall–Kier alpha value is -2.55. The number of amides is 2. The summed E-state index contributed by atoms with van der Waals surface area (Å²) in [5.41, 5.74) is 1.84. The monoisotopic (exact) mass is 442 g/mol. The minimum absolute atomic E-state index is 0.0700. The van der Waals surface area contributed by atoms with E-state index in [1.165, 1.54) is 18.2 Å². The summed E-state index contributed by atoms with van der Waals surface area (Å²) < 4.78 is 3.82. The Morgan fingerprint density at radius 3 is 2.48 bits per heavy atom. The number of rotatable bonds is 6. The largest absolute Gasteiger partial charge is 0.352 e. The summed E-state index contributed by atoms with van der Waals surface area (Å²) >= 11 is 1.40. The number of carbonyl (C=O) groups excluding carboxylic acids is 2. The first-order chi connectivity index (χ1) is 14.8. The van der Waals surface area contributed by atoms with Crippen molar-refractivity contribution in [2.75, 3.05) is 18.8 Å². The SMILES string of the molecule is CC1CC(C)CN(C(=O)CSc2nnc3n(CC(=O)NC(C)C)c4ccccc4n23)C1. The number of fused-ring (bicyclic) bond motifs is 3. The van der Waals surface area contributed by atoms with E-state index in [0.717, 1.165) is 24.1 Å². The second-order valence-electron chi connectivity index (χ2n) is 8.95. The third-order valence-electron chi connectivity index (χ3n) is 5.57. The van der Waals surface area contributed by atoms with Crippen LogP contribution in [0.4, 0.5) is 0 Å². The highest BCUT2D eigenvalue weighted by atomic mass is 32.2. The predicted octanol–water partition coefficient (Wildman–Crippen LogP) is 2.81. The lowest BCUT2D eigenvalue weighted by Gasteiger charge is -2.34. The number of benzene rings is 1.